The molecule has 0 atom stereocenters. The summed E-state index contributed by atoms with van der Waals surface area (Å²) in [6, 6.07) is 6.38. The number of non-ortho nitro benzene ring substituents is 1. The van der Waals surface area contributed by atoms with E-state index in [2.05, 4.69) is 20.4 Å². The smallest absolute Gasteiger partial charge is 0.278 e. The molecule has 0 bridgehead atoms. The van der Waals surface area contributed by atoms with Gasteiger partial charge in [0, 0.05) is 35.7 Å². The van der Waals surface area contributed by atoms with Crippen molar-refractivity contribution in [3.63, 3.8) is 0 Å². The monoisotopic (exact) mass is 400 g/mol. The number of nitro benzene ring substituents is 1. The first kappa shape index (κ1) is 17.2. The second-order valence-electron chi connectivity index (χ2n) is 5.57. The summed E-state index contributed by atoms with van der Waals surface area (Å²) in [4.78, 5) is 18.9. The molecule has 0 unspecified atom stereocenters. The molecule has 3 heterocycles. The Balaban J connectivity index is 1.71. The molecular formula is C17H10Cl2N6O2. The number of hydrogen-bond acceptors (Lipinski definition) is 6. The number of hydrogen-bond donors (Lipinski definition) is 1. The summed E-state index contributed by atoms with van der Waals surface area (Å²) in [5.41, 5.74) is 1.35. The fraction of sp³-hybridized carbons (Fsp3) is 0. The highest BCUT2D eigenvalue weighted by Gasteiger charge is 2.15. The maximum atomic E-state index is 11.2. The molecule has 0 aliphatic heterocycles. The van der Waals surface area contributed by atoms with Gasteiger partial charge in [0.15, 0.2) is 5.82 Å². The first-order chi connectivity index (χ1) is 13.0. The molecule has 0 aliphatic rings. The number of nitrogens with one attached hydrogen (secondary N) is 1. The molecule has 4 rings (SSSR count). The van der Waals surface area contributed by atoms with Crippen molar-refractivity contribution >= 4 is 51.0 Å². The van der Waals surface area contributed by atoms with Crippen LogP contribution in [0.2, 0.25) is 10.0 Å². The average Bonchev–Trinajstić information content (AvgIpc) is 3.10. The molecule has 4 aromatic rings. The van der Waals surface area contributed by atoms with Gasteiger partial charge in [0.05, 0.1) is 38.4 Å². The molecule has 1 aromatic carbocycles. The molecule has 0 saturated carbocycles. The van der Waals surface area contributed by atoms with Crippen LogP contribution < -0.4 is 5.32 Å². The number of pyridine rings is 2. The van der Waals surface area contributed by atoms with Crippen LogP contribution >= 0.6 is 23.2 Å². The molecule has 1 N–H and O–H groups in total. The molecule has 10 heteroatoms. The van der Waals surface area contributed by atoms with E-state index < -0.39 is 4.92 Å². The zero-order chi connectivity index (χ0) is 19.0. The van der Waals surface area contributed by atoms with Crippen molar-refractivity contribution in [3.8, 4) is 5.82 Å². The van der Waals surface area contributed by atoms with E-state index in [-0.39, 0.29) is 5.69 Å². The standard InChI is InChI=1S/C17H10Cl2N6O2/c18-10-5-14(19)17(21-6-10)24-9-11(7-22-24)23-15-1-2-16(25(26)27)13-8-20-4-3-12(13)15/h1-9,23H. The van der Waals surface area contributed by atoms with Crippen molar-refractivity contribution in [1.82, 2.24) is 19.7 Å². The summed E-state index contributed by atoms with van der Waals surface area (Å²) in [5.74, 6) is 0.437. The minimum absolute atomic E-state index is 0.00325. The predicted octanol–water partition coefficient (Wildman–Crippen LogP) is 4.77. The number of aromatic nitrogens is 4. The maximum Gasteiger partial charge on any atom is 0.278 e. The first-order valence-electron chi connectivity index (χ1n) is 7.67. The summed E-state index contributed by atoms with van der Waals surface area (Å²) in [5, 5.41) is 20.6. The van der Waals surface area contributed by atoms with Gasteiger partial charge in [0.2, 0.25) is 0 Å². The number of benzene rings is 1. The molecule has 3 aromatic heterocycles. The molecule has 0 amide bonds. The van der Waals surface area contributed by atoms with Gasteiger partial charge in [0.1, 0.15) is 0 Å². The topological polar surface area (TPSA) is 98.8 Å². The third-order valence-electron chi connectivity index (χ3n) is 3.86. The Hall–Kier alpha value is -3.23. The predicted molar refractivity (Wildman–Crippen MR) is 103 cm³/mol. The Bertz CT molecular complexity index is 1180. The van der Waals surface area contributed by atoms with Crippen molar-refractivity contribution in [2.24, 2.45) is 0 Å². The lowest BCUT2D eigenvalue weighted by molar-refractivity contribution is -0.383. The maximum absolute atomic E-state index is 11.2. The molecule has 8 nitrogen and oxygen atoms in total. The third-order valence-corrected chi connectivity index (χ3v) is 4.34. The second-order valence-corrected chi connectivity index (χ2v) is 6.41. The van der Waals surface area contributed by atoms with Crippen molar-refractivity contribution < 1.29 is 4.92 Å². The molecular weight excluding hydrogens is 391 g/mol. The van der Waals surface area contributed by atoms with E-state index in [1.54, 1.807) is 36.8 Å². The SMILES string of the molecule is O=[N+]([O-])c1ccc(Nc2cnn(-c3ncc(Cl)cc3Cl)c2)c2ccncc12. The zero-order valence-electron chi connectivity index (χ0n) is 13.5. The van der Waals surface area contributed by atoms with Gasteiger partial charge in [-0.3, -0.25) is 15.1 Å². The Morgan fingerprint density at radius 3 is 2.74 bits per heavy atom. The molecule has 0 spiro atoms. The molecule has 0 saturated heterocycles. The van der Waals surface area contributed by atoms with E-state index in [1.165, 1.54) is 23.1 Å². The van der Waals surface area contributed by atoms with Gasteiger partial charge in [-0.2, -0.15) is 5.10 Å². The summed E-state index contributed by atoms with van der Waals surface area (Å²) in [7, 11) is 0. The van der Waals surface area contributed by atoms with Gasteiger partial charge in [-0.15, -0.1) is 0 Å². The van der Waals surface area contributed by atoms with Crippen LogP contribution in [0.1, 0.15) is 0 Å². The highest BCUT2D eigenvalue weighted by atomic mass is 35.5. The molecule has 0 fully saturated rings. The lowest BCUT2D eigenvalue weighted by Gasteiger charge is -2.08. The van der Waals surface area contributed by atoms with E-state index in [4.69, 9.17) is 23.2 Å². The highest BCUT2D eigenvalue weighted by molar-refractivity contribution is 6.35. The number of rotatable bonds is 4. The van der Waals surface area contributed by atoms with Gasteiger partial charge >= 0.3 is 0 Å². The summed E-state index contributed by atoms with van der Waals surface area (Å²) in [6.45, 7) is 0. The minimum atomic E-state index is -0.431. The largest absolute Gasteiger partial charge is 0.352 e. The van der Waals surface area contributed by atoms with E-state index in [9.17, 15) is 10.1 Å². The minimum Gasteiger partial charge on any atom is -0.352 e. The van der Waals surface area contributed by atoms with Gasteiger partial charge in [-0.25, -0.2) is 9.67 Å². The quantitative estimate of drug-likeness (QED) is 0.391. The molecule has 0 aliphatic carbocycles. The molecule has 27 heavy (non-hydrogen) atoms. The summed E-state index contributed by atoms with van der Waals surface area (Å²) in [6.07, 6.45) is 7.84. The van der Waals surface area contributed by atoms with Crippen LogP contribution in [0.4, 0.5) is 17.1 Å². The van der Waals surface area contributed by atoms with Crippen LogP contribution in [0.15, 0.2) is 55.2 Å². The lowest BCUT2D eigenvalue weighted by Crippen LogP contribution is -1.98. The lowest BCUT2D eigenvalue weighted by atomic mass is 10.1. The van der Waals surface area contributed by atoms with E-state index >= 15 is 0 Å². The summed E-state index contributed by atoms with van der Waals surface area (Å²) >= 11 is 12.0. The zero-order valence-corrected chi connectivity index (χ0v) is 15.0. The first-order valence-corrected chi connectivity index (χ1v) is 8.43. The molecule has 134 valence electrons. The second kappa shape index (κ2) is 6.82. The van der Waals surface area contributed by atoms with Gasteiger partial charge in [-0.05, 0) is 18.2 Å². The number of nitro groups is 1. The number of halogens is 2. The highest BCUT2D eigenvalue weighted by Crippen LogP contribution is 2.32. The Kier molecular flexibility index (Phi) is 4.35. The fourth-order valence-electron chi connectivity index (χ4n) is 2.68. The number of nitrogens with zero attached hydrogens (tertiary/aromatic N) is 5. The fourth-order valence-corrected chi connectivity index (χ4v) is 3.14. The van der Waals surface area contributed by atoms with Crippen LogP contribution in [-0.2, 0) is 0 Å². The number of fused-ring (bicyclic) bond motifs is 1. The van der Waals surface area contributed by atoms with Gasteiger partial charge in [0.25, 0.3) is 5.69 Å². The Morgan fingerprint density at radius 1 is 1.11 bits per heavy atom. The van der Waals surface area contributed by atoms with E-state index in [0.29, 0.717) is 38.0 Å². The Morgan fingerprint density at radius 2 is 1.96 bits per heavy atom. The number of anilines is 2. The van der Waals surface area contributed by atoms with Crippen LogP contribution in [0, 0.1) is 10.1 Å². The molecule has 0 radical (unpaired) electrons. The van der Waals surface area contributed by atoms with Crippen LogP contribution in [0.5, 0.6) is 0 Å². The van der Waals surface area contributed by atoms with Crippen molar-refractivity contribution in [2.45, 2.75) is 0 Å². The third kappa shape index (κ3) is 3.27. The van der Waals surface area contributed by atoms with Gasteiger partial charge < -0.3 is 5.32 Å². The van der Waals surface area contributed by atoms with Gasteiger partial charge in [-0.1, -0.05) is 23.2 Å². The summed E-state index contributed by atoms with van der Waals surface area (Å²) < 4.78 is 1.51. The van der Waals surface area contributed by atoms with Crippen LogP contribution in [0.25, 0.3) is 16.6 Å². The van der Waals surface area contributed by atoms with Crippen molar-refractivity contribution in [3.05, 3.63) is 75.4 Å². The van der Waals surface area contributed by atoms with Crippen molar-refractivity contribution in [2.75, 3.05) is 5.32 Å². The van der Waals surface area contributed by atoms with E-state index in [0.717, 1.165) is 0 Å². The van der Waals surface area contributed by atoms with Crippen LogP contribution in [0.3, 0.4) is 0 Å². The van der Waals surface area contributed by atoms with Crippen molar-refractivity contribution in [1.29, 1.82) is 0 Å². The Labute approximate surface area is 162 Å². The normalized spacial score (nSPS) is 10.9. The average molecular weight is 401 g/mol. The van der Waals surface area contributed by atoms with E-state index in [1.807, 2.05) is 0 Å². The van der Waals surface area contributed by atoms with Crippen LogP contribution in [-0.4, -0.2) is 24.7 Å².